The predicted molar refractivity (Wildman–Crippen MR) is 49.2 cm³/mol. The first kappa shape index (κ1) is 8.44. The molecular formula is C9H13N3O. The maximum Gasteiger partial charge on any atom is 0.253 e. The molecule has 1 aromatic rings. The summed E-state index contributed by atoms with van der Waals surface area (Å²) in [7, 11) is 0. The van der Waals surface area contributed by atoms with Gasteiger partial charge in [-0.25, -0.2) is 4.98 Å². The van der Waals surface area contributed by atoms with Crippen molar-refractivity contribution in [3.8, 4) is 0 Å². The van der Waals surface area contributed by atoms with Crippen LogP contribution in [0, 0.1) is 5.92 Å². The van der Waals surface area contributed by atoms with Gasteiger partial charge in [0.15, 0.2) is 0 Å². The summed E-state index contributed by atoms with van der Waals surface area (Å²) < 4.78 is 1.57. The Balaban J connectivity index is 2.08. The number of nitrogens with two attached hydrogens (primary N) is 1. The van der Waals surface area contributed by atoms with E-state index in [9.17, 15) is 4.79 Å². The van der Waals surface area contributed by atoms with E-state index in [0.717, 1.165) is 0 Å². The molecule has 1 aliphatic carbocycles. The van der Waals surface area contributed by atoms with Crippen molar-refractivity contribution in [1.29, 1.82) is 0 Å². The van der Waals surface area contributed by atoms with E-state index in [4.69, 9.17) is 5.73 Å². The van der Waals surface area contributed by atoms with Crippen molar-refractivity contribution in [2.45, 2.75) is 25.4 Å². The number of rotatable bonds is 3. The molecule has 70 valence electrons. The third kappa shape index (κ3) is 1.95. The van der Waals surface area contributed by atoms with Crippen LogP contribution in [-0.2, 0) is 6.54 Å². The van der Waals surface area contributed by atoms with Crippen molar-refractivity contribution in [2.24, 2.45) is 11.7 Å². The molecule has 1 fully saturated rings. The van der Waals surface area contributed by atoms with Crippen LogP contribution in [0.5, 0.6) is 0 Å². The first-order valence-electron chi connectivity index (χ1n) is 4.53. The summed E-state index contributed by atoms with van der Waals surface area (Å²) in [5, 5.41) is 0. The number of nitrogens with zero attached hydrogens (tertiary/aromatic N) is 2. The molecular weight excluding hydrogens is 166 g/mol. The molecule has 0 aliphatic heterocycles. The Kier molecular flexibility index (Phi) is 2.14. The topological polar surface area (TPSA) is 60.9 Å². The highest BCUT2D eigenvalue weighted by Gasteiger charge is 2.28. The van der Waals surface area contributed by atoms with Gasteiger partial charge in [-0.1, -0.05) is 0 Å². The third-order valence-electron chi connectivity index (χ3n) is 2.43. The van der Waals surface area contributed by atoms with E-state index in [1.54, 1.807) is 10.9 Å². The lowest BCUT2D eigenvalue weighted by atomic mass is 10.2. The molecule has 13 heavy (non-hydrogen) atoms. The highest BCUT2D eigenvalue weighted by molar-refractivity contribution is 4.88. The van der Waals surface area contributed by atoms with Crippen LogP contribution in [0.25, 0.3) is 0 Å². The normalized spacial score (nSPS) is 18.5. The first-order valence-corrected chi connectivity index (χ1v) is 4.53. The maximum absolute atomic E-state index is 11.3. The highest BCUT2D eigenvalue weighted by Crippen LogP contribution is 2.31. The average Bonchev–Trinajstić information content (AvgIpc) is 2.91. The minimum Gasteiger partial charge on any atom is -0.326 e. The largest absolute Gasteiger partial charge is 0.326 e. The first-order chi connectivity index (χ1) is 6.27. The van der Waals surface area contributed by atoms with E-state index < -0.39 is 0 Å². The number of hydrogen-bond acceptors (Lipinski definition) is 3. The summed E-state index contributed by atoms with van der Waals surface area (Å²) in [6, 6.07) is 1.57. The molecule has 1 atom stereocenters. The highest BCUT2D eigenvalue weighted by atomic mass is 16.1. The fraction of sp³-hybridized carbons (Fsp3) is 0.556. The summed E-state index contributed by atoms with van der Waals surface area (Å²) in [6.45, 7) is 0.595. The van der Waals surface area contributed by atoms with Gasteiger partial charge in [0.2, 0.25) is 0 Å². The van der Waals surface area contributed by atoms with Crippen molar-refractivity contribution >= 4 is 0 Å². The average molecular weight is 179 g/mol. The maximum atomic E-state index is 11.3. The quantitative estimate of drug-likeness (QED) is 0.709. The molecule has 1 aromatic heterocycles. The van der Waals surface area contributed by atoms with Gasteiger partial charge in [0.1, 0.15) is 0 Å². The van der Waals surface area contributed by atoms with Crippen LogP contribution in [0.4, 0.5) is 0 Å². The van der Waals surface area contributed by atoms with Crippen molar-refractivity contribution < 1.29 is 0 Å². The van der Waals surface area contributed by atoms with Crippen LogP contribution in [0.2, 0.25) is 0 Å². The molecule has 4 nitrogen and oxygen atoms in total. The van der Waals surface area contributed by atoms with Crippen LogP contribution in [0.3, 0.4) is 0 Å². The lowest BCUT2D eigenvalue weighted by molar-refractivity contribution is 0.489. The number of hydrogen-bond donors (Lipinski definition) is 1. The molecule has 0 spiro atoms. The van der Waals surface area contributed by atoms with Crippen molar-refractivity contribution in [3.05, 3.63) is 28.9 Å². The van der Waals surface area contributed by atoms with Gasteiger partial charge in [0, 0.05) is 24.8 Å². The molecule has 0 radical (unpaired) electrons. The molecule has 0 saturated heterocycles. The second kappa shape index (κ2) is 3.30. The number of aromatic nitrogens is 2. The SMILES string of the molecule is NC(Cn1cnccc1=O)C1CC1. The minimum absolute atomic E-state index is 0.0221. The van der Waals surface area contributed by atoms with Gasteiger partial charge in [-0.15, -0.1) is 0 Å². The molecule has 0 amide bonds. The monoisotopic (exact) mass is 179 g/mol. The Hall–Kier alpha value is -1.16. The second-order valence-corrected chi connectivity index (χ2v) is 3.57. The Morgan fingerprint density at radius 1 is 1.69 bits per heavy atom. The summed E-state index contributed by atoms with van der Waals surface area (Å²) in [5.74, 6) is 0.618. The lowest BCUT2D eigenvalue weighted by Crippen LogP contribution is -2.33. The molecule has 2 rings (SSSR count). The minimum atomic E-state index is -0.0221. The van der Waals surface area contributed by atoms with E-state index >= 15 is 0 Å². The molecule has 0 bridgehead atoms. The van der Waals surface area contributed by atoms with Gasteiger partial charge < -0.3 is 5.73 Å². The van der Waals surface area contributed by atoms with Gasteiger partial charge in [0.05, 0.1) is 6.33 Å². The predicted octanol–water partition coefficient (Wildman–Crippen LogP) is -0.0194. The van der Waals surface area contributed by atoms with Gasteiger partial charge in [0.25, 0.3) is 5.56 Å². The van der Waals surface area contributed by atoms with Crippen LogP contribution in [0.1, 0.15) is 12.8 Å². The van der Waals surface area contributed by atoms with Crippen LogP contribution in [-0.4, -0.2) is 15.6 Å². The summed E-state index contributed by atoms with van der Waals surface area (Å²) in [6.07, 6.45) is 5.46. The molecule has 4 heteroatoms. The Morgan fingerprint density at radius 2 is 2.46 bits per heavy atom. The zero-order valence-electron chi connectivity index (χ0n) is 7.39. The fourth-order valence-electron chi connectivity index (χ4n) is 1.42. The van der Waals surface area contributed by atoms with E-state index in [-0.39, 0.29) is 11.6 Å². The second-order valence-electron chi connectivity index (χ2n) is 3.57. The summed E-state index contributed by atoms with van der Waals surface area (Å²) >= 11 is 0. The molecule has 0 aromatic carbocycles. The Labute approximate surface area is 76.4 Å². The van der Waals surface area contributed by atoms with Gasteiger partial charge in [-0.05, 0) is 18.8 Å². The smallest absolute Gasteiger partial charge is 0.253 e. The van der Waals surface area contributed by atoms with Gasteiger partial charge >= 0.3 is 0 Å². The van der Waals surface area contributed by atoms with E-state index in [2.05, 4.69) is 4.98 Å². The zero-order chi connectivity index (χ0) is 9.26. The van der Waals surface area contributed by atoms with Crippen molar-refractivity contribution in [3.63, 3.8) is 0 Å². The summed E-state index contributed by atoms with van der Waals surface area (Å²) in [4.78, 5) is 15.2. The lowest BCUT2D eigenvalue weighted by Gasteiger charge is -2.10. The molecule has 1 aliphatic rings. The molecule has 1 unspecified atom stereocenters. The third-order valence-corrected chi connectivity index (χ3v) is 2.43. The Bertz CT molecular complexity index is 343. The molecule has 1 heterocycles. The molecule has 1 saturated carbocycles. The summed E-state index contributed by atoms with van der Waals surface area (Å²) in [5.41, 5.74) is 5.87. The van der Waals surface area contributed by atoms with Crippen LogP contribution >= 0.6 is 0 Å². The van der Waals surface area contributed by atoms with E-state index in [1.807, 2.05) is 0 Å². The van der Waals surface area contributed by atoms with Gasteiger partial charge in [-0.2, -0.15) is 0 Å². The standard InChI is InChI=1S/C9H13N3O/c10-8(7-1-2-7)5-12-6-11-4-3-9(12)13/h3-4,6-8H,1-2,5,10H2. The van der Waals surface area contributed by atoms with Crippen LogP contribution in [0.15, 0.2) is 23.4 Å². The van der Waals surface area contributed by atoms with Crippen molar-refractivity contribution in [1.82, 2.24) is 9.55 Å². The zero-order valence-corrected chi connectivity index (χ0v) is 7.39. The van der Waals surface area contributed by atoms with Crippen molar-refractivity contribution in [2.75, 3.05) is 0 Å². The van der Waals surface area contributed by atoms with E-state index in [1.165, 1.54) is 25.1 Å². The van der Waals surface area contributed by atoms with Crippen LogP contribution < -0.4 is 11.3 Å². The van der Waals surface area contributed by atoms with Gasteiger partial charge in [-0.3, -0.25) is 9.36 Å². The Morgan fingerprint density at radius 3 is 3.08 bits per heavy atom. The molecule has 2 N–H and O–H groups in total. The fourth-order valence-corrected chi connectivity index (χ4v) is 1.42. The van der Waals surface area contributed by atoms with E-state index in [0.29, 0.717) is 12.5 Å².